The molecule has 0 aliphatic rings. The van der Waals surface area contributed by atoms with E-state index in [1.54, 1.807) is 0 Å². The summed E-state index contributed by atoms with van der Waals surface area (Å²) >= 11 is 5.96. The molecule has 1 aromatic carbocycles. The summed E-state index contributed by atoms with van der Waals surface area (Å²) in [6.45, 7) is 3.89. The minimum Gasteiger partial charge on any atom is -0.478 e. The molecule has 0 amide bonds. The van der Waals surface area contributed by atoms with Gasteiger partial charge in [0.05, 0.1) is 5.56 Å². The zero-order chi connectivity index (χ0) is 14.0. The van der Waals surface area contributed by atoms with Crippen LogP contribution in [0, 0.1) is 13.8 Å². The first-order valence-corrected chi connectivity index (χ1v) is 5.99. The van der Waals surface area contributed by atoms with Crippen molar-refractivity contribution < 1.29 is 14.6 Å². The molecule has 19 heavy (non-hydrogen) atoms. The number of hydrogen-bond acceptors (Lipinski definition) is 3. The van der Waals surface area contributed by atoms with Crippen LogP contribution in [-0.4, -0.2) is 16.1 Å². The molecule has 0 spiro atoms. The van der Waals surface area contributed by atoms with E-state index in [1.807, 2.05) is 32.0 Å². The van der Waals surface area contributed by atoms with Crippen molar-refractivity contribution in [3.8, 4) is 11.6 Å². The van der Waals surface area contributed by atoms with Gasteiger partial charge in [-0.15, -0.1) is 0 Å². The minimum absolute atomic E-state index is 0.00541. The molecule has 2 rings (SSSR count). The van der Waals surface area contributed by atoms with Crippen molar-refractivity contribution in [2.75, 3.05) is 0 Å². The van der Waals surface area contributed by atoms with Gasteiger partial charge in [0.25, 0.3) is 0 Å². The number of ether oxygens (including phenoxy) is 1. The molecule has 2 aromatic rings. The number of carbonyl (C=O) groups is 1. The van der Waals surface area contributed by atoms with Gasteiger partial charge in [-0.2, -0.15) is 0 Å². The van der Waals surface area contributed by atoms with Gasteiger partial charge in [0.2, 0.25) is 5.88 Å². The molecule has 1 aromatic heterocycles. The molecule has 0 aliphatic carbocycles. The summed E-state index contributed by atoms with van der Waals surface area (Å²) in [4.78, 5) is 14.9. The topological polar surface area (TPSA) is 59.4 Å². The van der Waals surface area contributed by atoms with Crippen LogP contribution in [0.2, 0.25) is 5.02 Å². The fourth-order valence-corrected chi connectivity index (χ4v) is 2.00. The molecule has 0 saturated carbocycles. The summed E-state index contributed by atoms with van der Waals surface area (Å²) in [5.41, 5.74) is 2.05. The van der Waals surface area contributed by atoms with Crippen LogP contribution in [0.15, 0.2) is 30.5 Å². The fourth-order valence-electron chi connectivity index (χ4n) is 1.76. The van der Waals surface area contributed by atoms with Crippen molar-refractivity contribution in [2.24, 2.45) is 0 Å². The lowest BCUT2D eigenvalue weighted by Crippen LogP contribution is -2.00. The second-order valence-electron chi connectivity index (χ2n) is 4.21. The quantitative estimate of drug-likeness (QED) is 0.926. The standard InChI is InChI=1S/C14H12ClNO3/c1-8-5-9(2)7-10(6-8)19-13-12(15)11(14(17)18)3-4-16-13/h3-7H,1-2H3,(H,17,18). The lowest BCUT2D eigenvalue weighted by atomic mass is 10.1. The second-order valence-corrected chi connectivity index (χ2v) is 4.59. The Hall–Kier alpha value is -2.07. The molecule has 1 N–H and O–H groups in total. The molecular formula is C14H12ClNO3. The molecule has 98 valence electrons. The van der Waals surface area contributed by atoms with E-state index in [4.69, 9.17) is 21.4 Å². The Kier molecular flexibility index (Phi) is 3.71. The van der Waals surface area contributed by atoms with E-state index in [1.165, 1.54) is 12.3 Å². The number of nitrogens with zero attached hydrogens (tertiary/aromatic N) is 1. The Morgan fingerprint density at radius 1 is 1.26 bits per heavy atom. The summed E-state index contributed by atoms with van der Waals surface area (Å²) in [5.74, 6) is -0.446. The lowest BCUT2D eigenvalue weighted by molar-refractivity contribution is 0.0696. The van der Waals surface area contributed by atoms with Crippen molar-refractivity contribution >= 4 is 17.6 Å². The van der Waals surface area contributed by atoms with Crippen LogP contribution >= 0.6 is 11.6 Å². The van der Waals surface area contributed by atoms with Gasteiger partial charge in [0.15, 0.2) is 0 Å². The number of aryl methyl sites for hydroxylation is 2. The Labute approximate surface area is 115 Å². The zero-order valence-corrected chi connectivity index (χ0v) is 11.2. The third kappa shape index (κ3) is 3.03. The number of aromatic nitrogens is 1. The highest BCUT2D eigenvalue weighted by Crippen LogP contribution is 2.30. The molecule has 1 heterocycles. The van der Waals surface area contributed by atoms with Crippen molar-refractivity contribution in [3.05, 3.63) is 52.2 Å². The van der Waals surface area contributed by atoms with E-state index in [9.17, 15) is 4.79 Å². The fraction of sp³-hybridized carbons (Fsp3) is 0.143. The van der Waals surface area contributed by atoms with Gasteiger partial charge in [-0.1, -0.05) is 17.7 Å². The summed E-state index contributed by atoms with van der Waals surface area (Å²) in [5, 5.41) is 8.97. The first kappa shape index (κ1) is 13.4. The Morgan fingerprint density at radius 2 is 1.89 bits per heavy atom. The molecular weight excluding hydrogens is 266 g/mol. The van der Waals surface area contributed by atoms with Crippen LogP contribution in [0.3, 0.4) is 0 Å². The highest BCUT2D eigenvalue weighted by molar-refractivity contribution is 6.34. The van der Waals surface area contributed by atoms with Gasteiger partial charge in [0, 0.05) is 6.20 Å². The average Bonchev–Trinajstić information content (AvgIpc) is 2.30. The summed E-state index contributed by atoms with van der Waals surface area (Å²) in [7, 11) is 0. The van der Waals surface area contributed by atoms with E-state index in [-0.39, 0.29) is 16.5 Å². The van der Waals surface area contributed by atoms with Crippen molar-refractivity contribution in [3.63, 3.8) is 0 Å². The minimum atomic E-state index is -1.11. The maximum Gasteiger partial charge on any atom is 0.337 e. The Bertz CT molecular complexity index is 620. The van der Waals surface area contributed by atoms with E-state index >= 15 is 0 Å². The molecule has 0 unspecified atom stereocenters. The first-order valence-electron chi connectivity index (χ1n) is 5.61. The number of carboxylic acids is 1. The van der Waals surface area contributed by atoms with Crippen LogP contribution < -0.4 is 4.74 Å². The lowest BCUT2D eigenvalue weighted by Gasteiger charge is -2.09. The van der Waals surface area contributed by atoms with E-state index in [2.05, 4.69) is 4.98 Å². The molecule has 0 fully saturated rings. The van der Waals surface area contributed by atoms with Crippen LogP contribution in [0.1, 0.15) is 21.5 Å². The second kappa shape index (κ2) is 5.28. The number of rotatable bonds is 3. The Balaban J connectivity index is 2.38. The van der Waals surface area contributed by atoms with Gasteiger partial charge in [-0.25, -0.2) is 9.78 Å². The summed E-state index contributed by atoms with van der Waals surface area (Å²) in [6.07, 6.45) is 1.35. The largest absolute Gasteiger partial charge is 0.478 e. The maximum atomic E-state index is 11.0. The van der Waals surface area contributed by atoms with E-state index < -0.39 is 5.97 Å². The van der Waals surface area contributed by atoms with E-state index in [0.29, 0.717) is 5.75 Å². The normalized spacial score (nSPS) is 10.3. The van der Waals surface area contributed by atoms with Crippen LogP contribution in [0.25, 0.3) is 0 Å². The van der Waals surface area contributed by atoms with Crippen LogP contribution in [-0.2, 0) is 0 Å². The van der Waals surface area contributed by atoms with Crippen molar-refractivity contribution in [1.82, 2.24) is 4.98 Å². The maximum absolute atomic E-state index is 11.0. The molecule has 0 aliphatic heterocycles. The zero-order valence-electron chi connectivity index (χ0n) is 10.5. The van der Waals surface area contributed by atoms with Crippen molar-refractivity contribution in [1.29, 1.82) is 0 Å². The van der Waals surface area contributed by atoms with E-state index in [0.717, 1.165) is 11.1 Å². The predicted molar refractivity (Wildman–Crippen MR) is 72.2 cm³/mol. The van der Waals surface area contributed by atoms with Crippen LogP contribution in [0.5, 0.6) is 11.6 Å². The van der Waals surface area contributed by atoms with Gasteiger partial charge in [-0.05, 0) is 43.2 Å². The molecule has 0 radical (unpaired) electrons. The van der Waals surface area contributed by atoms with Crippen LogP contribution in [0.4, 0.5) is 0 Å². The molecule has 4 nitrogen and oxygen atoms in total. The number of hydrogen-bond donors (Lipinski definition) is 1. The smallest absolute Gasteiger partial charge is 0.337 e. The predicted octanol–water partition coefficient (Wildman–Crippen LogP) is 3.84. The highest BCUT2D eigenvalue weighted by atomic mass is 35.5. The third-order valence-corrected chi connectivity index (χ3v) is 2.86. The SMILES string of the molecule is Cc1cc(C)cc(Oc2nccc(C(=O)O)c2Cl)c1. The van der Waals surface area contributed by atoms with Gasteiger partial charge in [0.1, 0.15) is 10.8 Å². The number of pyridine rings is 1. The molecule has 5 heteroatoms. The highest BCUT2D eigenvalue weighted by Gasteiger charge is 2.15. The molecule has 0 bridgehead atoms. The molecule has 0 saturated heterocycles. The first-order chi connectivity index (χ1) is 8.97. The molecule has 0 atom stereocenters. The monoisotopic (exact) mass is 277 g/mol. The average molecular weight is 278 g/mol. The van der Waals surface area contributed by atoms with Gasteiger partial charge < -0.3 is 9.84 Å². The number of carboxylic acid groups (broad SMARTS) is 1. The van der Waals surface area contributed by atoms with Gasteiger partial charge in [-0.3, -0.25) is 0 Å². The van der Waals surface area contributed by atoms with Gasteiger partial charge >= 0.3 is 5.97 Å². The Morgan fingerprint density at radius 3 is 2.47 bits per heavy atom. The summed E-state index contributed by atoms with van der Waals surface area (Å²) in [6, 6.07) is 7.01. The number of halogens is 1. The number of benzene rings is 1. The van der Waals surface area contributed by atoms with Crippen molar-refractivity contribution in [2.45, 2.75) is 13.8 Å². The number of aromatic carboxylic acids is 1. The third-order valence-electron chi connectivity index (χ3n) is 2.50. The summed E-state index contributed by atoms with van der Waals surface area (Å²) < 4.78 is 5.56.